The molecule has 3 rings (SSSR count). The molecule has 0 atom stereocenters. The maximum absolute atomic E-state index is 6.01. The van der Waals surface area contributed by atoms with E-state index in [9.17, 15) is 0 Å². The summed E-state index contributed by atoms with van der Waals surface area (Å²) in [6.45, 7) is 2.08. The van der Waals surface area contributed by atoms with Gasteiger partial charge in [0.25, 0.3) is 0 Å². The molecule has 0 radical (unpaired) electrons. The van der Waals surface area contributed by atoms with E-state index in [-0.39, 0.29) is 5.54 Å². The van der Waals surface area contributed by atoms with Crippen LogP contribution in [0.25, 0.3) is 0 Å². The van der Waals surface area contributed by atoms with Crippen molar-refractivity contribution in [2.24, 2.45) is 5.73 Å². The molecule has 1 aromatic carbocycles. The molecule has 0 aromatic heterocycles. The summed E-state index contributed by atoms with van der Waals surface area (Å²) in [5, 5.41) is 3.34. The SMILES string of the molecule is NC1(CNc2ccc3c(c2)OCCO3)CC1. The van der Waals surface area contributed by atoms with Crippen LogP contribution in [0, 0.1) is 0 Å². The lowest BCUT2D eigenvalue weighted by atomic mass is 10.2. The standard InChI is InChI=1S/C12H16N2O2/c13-12(3-4-12)8-14-9-1-2-10-11(7-9)16-6-5-15-10/h1-2,7,14H,3-6,8,13H2. The second-order valence-electron chi connectivity index (χ2n) is 4.57. The smallest absolute Gasteiger partial charge is 0.163 e. The van der Waals surface area contributed by atoms with Crippen molar-refractivity contribution in [3.63, 3.8) is 0 Å². The second kappa shape index (κ2) is 3.56. The van der Waals surface area contributed by atoms with Gasteiger partial charge in [-0.2, -0.15) is 0 Å². The lowest BCUT2D eigenvalue weighted by Crippen LogP contribution is -2.31. The molecule has 1 saturated carbocycles. The molecule has 1 heterocycles. The Morgan fingerprint density at radius 3 is 2.69 bits per heavy atom. The third kappa shape index (κ3) is 1.93. The second-order valence-corrected chi connectivity index (χ2v) is 4.57. The Bertz CT molecular complexity index is 402. The largest absolute Gasteiger partial charge is 0.486 e. The first-order valence-electron chi connectivity index (χ1n) is 5.68. The lowest BCUT2D eigenvalue weighted by molar-refractivity contribution is 0.171. The number of anilines is 1. The first-order valence-corrected chi connectivity index (χ1v) is 5.68. The summed E-state index contributed by atoms with van der Waals surface area (Å²) < 4.78 is 11.0. The number of rotatable bonds is 3. The zero-order chi connectivity index (χ0) is 11.0. The van der Waals surface area contributed by atoms with Gasteiger partial charge in [0.1, 0.15) is 13.2 Å². The monoisotopic (exact) mass is 220 g/mol. The molecule has 0 bridgehead atoms. The molecule has 2 aliphatic rings. The van der Waals surface area contributed by atoms with Gasteiger partial charge in [0, 0.05) is 23.8 Å². The molecule has 3 N–H and O–H groups in total. The van der Waals surface area contributed by atoms with Crippen LogP contribution in [0.3, 0.4) is 0 Å². The van der Waals surface area contributed by atoms with Crippen LogP contribution in [0.1, 0.15) is 12.8 Å². The molecular formula is C12H16N2O2. The Labute approximate surface area is 94.7 Å². The maximum Gasteiger partial charge on any atom is 0.163 e. The highest BCUT2D eigenvalue weighted by Gasteiger charge is 2.37. The molecule has 86 valence electrons. The van der Waals surface area contributed by atoms with Crippen LogP contribution in [-0.4, -0.2) is 25.3 Å². The third-order valence-electron chi connectivity index (χ3n) is 3.08. The molecule has 4 heteroatoms. The first-order chi connectivity index (χ1) is 7.75. The Balaban J connectivity index is 1.70. The van der Waals surface area contributed by atoms with Crippen LogP contribution in [0.4, 0.5) is 5.69 Å². The van der Waals surface area contributed by atoms with Crippen molar-refractivity contribution < 1.29 is 9.47 Å². The van der Waals surface area contributed by atoms with Gasteiger partial charge in [-0.3, -0.25) is 0 Å². The summed E-state index contributed by atoms with van der Waals surface area (Å²) >= 11 is 0. The van der Waals surface area contributed by atoms with Crippen LogP contribution >= 0.6 is 0 Å². The van der Waals surface area contributed by atoms with E-state index in [1.807, 2.05) is 18.2 Å². The topological polar surface area (TPSA) is 56.5 Å². The number of hydrogen-bond donors (Lipinski definition) is 2. The fraction of sp³-hybridized carbons (Fsp3) is 0.500. The number of fused-ring (bicyclic) bond motifs is 1. The predicted octanol–water partition coefficient (Wildman–Crippen LogP) is 1.36. The minimum Gasteiger partial charge on any atom is -0.486 e. The number of hydrogen-bond acceptors (Lipinski definition) is 4. The first kappa shape index (κ1) is 9.78. The van der Waals surface area contributed by atoms with E-state index in [0.717, 1.165) is 36.6 Å². The molecule has 1 aliphatic carbocycles. The van der Waals surface area contributed by atoms with Crippen LogP contribution in [-0.2, 0) is 0 Å². The van der Waals surface area contributed by atoms with E-state index in [1.54, 1.807) is 0 Å². The van der Waals surface area contributed by atoms with E-state index >= 15 is 0 Å². The van der Waals surface area contributed by atoms with Gasteiger partial charge < -0.3 is 20.5 Å². The average molecular weight is 220 g/mol. The van der Waals surface area contributed by atoms with Crippen molar-refractivity contribution in [1.82, 2.24) is 0 Å². The Morgan fingerprint density at radius 1 is 1.19 bits per heavy atom. The van der Waals surface area contributed by atoms with Gasteiger partial charge in [-0.05, 0) is 25.0 Å². The maximum atomic E-state index is 6.01. The summed E-state index contributed by atoms with van der Waals surface area (Å²) in [4.78, 5) is 0. The van der Waals surface area contributed by atoms with Crippen molar-refractivity contribution >= 4 is 5.69 Å². The summed E-state index contributed by atoms with van der Waals surface area (Å²) in [6, 6.07) is 5.91. The Hall–Kier alpha value is -1.42. The van der Waals surface area contributed by atoms with E-state index < -0.39 is 0 Å². The highest BCUT2D eigenvalue weighted by molar-refractivity contribution is 5.55. The highest BCUT2D eigenvalue weighted by Crippen LogP contribution is 2.35. The highest BCUT2D eigenvalue weighted by atomic mass is 16.6. The van der Waals surface area contributed by atoms with Crippen molar-refractivity contribution in [1.29, 1.82) is 0 Å². The number of benzene rings is 1. The van der Waals surface area contributed by atoms with Crippen molar-refractivity contribution in [2.75, 3.05) is 25.1 Å². The van der Waals surface area contributed by atoms with Gasteiger partial charge in [0.2, 0.25) is 0 Å². The molecule has 0 spiro atoms. The normalized spacial score (nSPS) is 20.3. The quantitative estimate of drug-likeness (QED) is 0.807. The minimum absolute atomic E-state index is 0.0211. The number of nitrogens with two attached hydrogens (primary N) is 1. The Morgan fingerprint density at radius 2 is 1.94 bits per heavy atom. The lowest BCUT2D eigenvalue weighted by Gasteiger charge is -2.19. The minimum atomic E-state index is 0.0211. The zero-order valence-corrected chi connectivity index (χ0v) is 9.16. The summed E-state index contributed by atoms with van der Waals surface area (Å²) in [5.41, 5.74) is 7.08. The molecule has 1 fully saturated rings. The van der Waals surface area contributed by atoms with Crippen molar-refractivity contribution in [3.05, 3.63) is 18.2 Å². The molecule has 0 amide bonds. The molecule has 16 heavy (non-hydrogen) atoms. The van der Waals surface area contributed by atoms with E-state index in [0.29, 0.717) is 13.2 Å². The van der Waals surface area contributed by atoms with Gasteiger partial charge in [0.15, 0.2) is 11.5 Å². The van der Waals surface area contributed by atoms with Gasteiger partial charge >= 0.3 is 0 Å². The third-order valence-corrected chi connectivity index (χ3v) is 3.08. The average Bonchev–Trinajstić information content (AvgIpc) is 3.05. The fourth-order valence-electron chi connectivity index (χ4n) is 1.77. The van der Waals surface area contributed by atoms with Gasteiger partial charge in [-0.15, -0.1) is 0 Å². The molecule has 0 saturated heterocycles. The van der Waals surface area contributed by atoms with Gasteiger partial charge in [-0.25, -0.2) is 0 Å². The summed E-state index contributed by atoms with van der Waals surface area (Å²) in [5.74, 6) is 1.64. The molecule has 1 aromatic rings. The van der Waals surface area contributed by atoms with Gasteiger partial charge in [0.05, 0.1) is 0 Å². The number of ether oxygens (including phenoxy) is 2. The van der Waals surface area contributed by atoms with Crippen LogP contribution < -0.4 is 20.5 Å². The van der Waals surface area contributed by atoms with Crippen molar-refractivity contribution in [2.45, 2.75) is 18.4 Å². The zero-order valence-electron chi connectivity index (χ0n) is 9.16. The van der Waals surface area contributed by atoms with E-state index in [2.05, 4.69) is 5.32 Å². The predicted molar refractivity (Wildman–Crippen MR) is 62.1 cm³/mol. The van der Waals surface area contributed by atoms with Crippen LogP contribution in [0.2, 0.25) is 0 Å². The van der Waals surface area contributed by atoms with Crippen LogP contribution in [0.5, 0.6) is 11.5 Å². The Kier molecular flexibility index (Phi) is 2.17. The molecule has 4 nitrogen and oxygen atoms in total. The molecular weight excluding hydrogens is 204 g/mol. The van der Waals surface area contributed by atoms with Crippen LogP contribution in [0.15, 0.2) is 18.2 Å². The summed E-state index contributed by atoms with van der Waals surface area (Å²) in [7, 11) is 0. The van der Waals surface area contributed by atoms with E-state index in [4.69, 9.17) is 15.2 Å². The van der Waals surface area contributed by atoms with Crippen molar-refractivity contribution in [3.8, 4) is 11.5 Å². The fourth-order valence-corrected chi connectivity index (χ4v) is 1.77. The molecule has 1 aliphatic heterocycles. The van der Waals surface area contributed by atoms with E-state index in [1.165, 1.54) is 0 Å². The molecule has 0 unspecified atom stereocenters. The number of nitrogens with one attached hydrogen (secondary N) is 1. The summed E-state index contributed by atoms with van der Waals surface area (Å²) in [6.07, 6.45) is 2.23. The van der Waals surface area contributed by atoms with Gasteiger partial charge in [-0.1, -0.05) is 0 Å².